The molecule has 1 amide bonds. The maximum Gasteiger partial charge on any atom is 0.262 e. The fourth-order valence-electron chi connectivity index (χ4n) is 2.18. The molecule has 0 saturated heterocycles. The Morgan fingerprint density at radius 2 is 1.81 bits per heavy atom. The number of nitrogens with one attached hydrogen (secondary N) is 2. The molecule has 2 aromatic carbocycles. The van der Waals surface area contributed by atoms with Crippen LogP contribution in [0, 0.1) is 0 Å². The summed E-state index contributed by atoms with van der Waals surface area (Å²) in [7, 11) is -2.02. The summed E-state index contributed by atoms with van der Waals surface area (Å²) in [4.78, 5) is 12.1. The number of carbonyl (C=O) groups excluding carboxylic acids is 1. The van der Waals surface area contributed by atoms with Crippen molar-refractivity contribution in [2.24, 2.45) is 0 Å². The van der Waals surface area contributed by atoms with Gasteiger partial charge in [-0.15, -0.1) is 0 Å². The number of anilines is 1. The smallest absolute Gasteiger partial charge is 0.262 e. The summed E-state index contributed by atoms with van der Waals surface area (Å²) in [5.74, 6) is 0.702. The number of benzene rings is 2. The Labute approximate surface area is 159 Å². The molecule has 27 heavy (non-hydrogen) atoms. The van der Waals surface area contributed by atoms with Crippen LogP contribution >= 0.6 is 0 Å². The molecule has 8 heteroatoms. The van der Waals surface area contributed by atoms with Gasteiger partial charge in [-0.3, -0.25) is 4.79 Å². The number of hydrogen-bond donors (Lipinski definition) is 2. The molecule has 0 fully saturated rings. The van der Waals surface area contributed by atoms with E-state index in [0.717, 1.165) is 0 Å². The molecule has 7 nitrogen and oxygen atoms in total. The van der Waals surface area contributed by atoms with Gasteiger partial charge in [-0.2, -0.15) is 0 Å². The summed E-state index contributed by atoms with van der Waals surface area (Å²) >= 11 is 0. The molecule has 0 unspecified atom stereocenters. The molecule has 0 heterocycles. The molecule has 1 atom stereocenters. The van der Waals surface area contributed by atoms with Crippen molar-refractivity contribution >= 4 is 21.6 Å². The van der Waals surface area contributed by atoms with Gasteiger partial charge in [0.05, 0.1) is 12.0 Å². The largest absolute Gasteiger partial charge is 0.497 e. The summed E-state index contributed by atoms with van der Waals surface area (Å²) in [5.41, 5.74) is 0.598. The monoisotopic (exact) mass is 392 g/mol. The van der Waals surface area contributed by atoms with E-state index in [0.29, 0.717) is 23.6 Å². The Bertz CT molecular complexity index is 866. The molecular formula is C19H24N2O5S. The summed E-state index contributed by atoms with van der Waals surface area (Å²) in [6, 6.07) is 12.8. The second kappa shape index (κ2) is 9.38. The van der Waals surface area contributed by atoms with E-state index in [1.165, 1.54) is 24.3 Å². The predicted octanol–water partition coefficient (Wildman–Crippen LogP) is 2.79. The van der Waals surface area contributed by atoms with Gasteiger partial charge in [0.2, 0.25) is 10.0 Å². The number of ether oxygens (including phenoxy) is 2. The third-order valence-corrected chi connectivity index (χ3v) is 5.43. The Balaban J connectivity index is 1.91. The van der Waals surface area contributed by atoms with Crippen LogP contribution in [0.15, 0.2) is 53.4 Å². The first-order valence-corrected chi connectivity index (χ1v) is 10.0. The van der Waals surface area contributed by atoms with E-state index >= 15 is 0 Å². The van der Waals surface area contributed by atoms with Crippen LogP contribution in [0.5, 0.6) is 11.5 Å². The van der Waals surface area contributed by atoms with Gasteiger partial charge in [0.15, 0.2) is 6.61 Å². The minimum absolute atomic E-state index is 0.147. The van der Waals surface area contributed by atoms with Crippen molar-refractivity contribution in [3.63, 3.8) is 0 Å². The number of amides is 1. The van der Waals surface area contributed by atoms with Gasteiger partial charge in [-0.1, -0.05) is 13.0 Å². The summed E-state index contributed by atoms with van der Waals surface area (Å²) in [5, 5.41) is 2.70. The first-order chi connectivity index (χ1) is 12.8. The van der Waals surface area contributed by atoms with E-state index in [1.807, 2.05) is 6.92 Å². The van der Waals surface area contributed by atoms with Crippen LogP contribution < -0.4 is 19.5 Å². The van der Waals surface area contributed by atoms with Gasteiger partial charge in [-0.25, -0.2) is 13.1 Å². The minimum Gasteiger partial charge on any atom is -0.497 e. The zero-order valence-corrected chi connectivity index (χ0v) is 16.4. The third-order valence-electron chi connectivity index (χ3n) is 3.83. The predicted molar refractivity (Wildman–Crippen MR) is 104 cm³/mol. The van der Waals surface area contributed by atoms with Crippen molar-refractivity contribution in [2.45, 2.75) is 31.2 Å². The van der Waals surface area contributed by atoms with Crippen molar-refractivity contribution in [3.05, 3.63) is 48.5 Å². The maximum absolute atomic E-state index is 12.2. The van der Waals surface area contributed by atoms with E-state index in [2.05, 4.69) is 10.0 Å². The highest BCUT2D eigenvalue weighted by Crippen LogP contribution is 2.18. The quantitative estimate of drug-likeness (QED) is 0.684. The van der Waals surface area contributed by atoms with Crippen molar-refractivity contribution in [1.29, 1.82) is 0 Å². The fourth-order valence-corrected chi connectivity index (χ4v) is 3.50. The lowest BCUT2D eigenvalue weighted by Gasteiger charge is -2.12. The fraction of sp³-hybridized carbons (Fsp3) is 0.316. The standard InChI is InChI=1S/C19H24N2O5S/c1-4-14(2)21-27(23,24)18-10-8-16(9-11-18)26-13-19(22)20-15-6-5-7-17(12-15)25-3/h5-12,14,21H,4,13H2,1-3H3,(H,20,22)/t14-/m1/s1. The number of carbonyl (C=O) groups is 1. The Hall–Kier alpha value is -2.58. The zero-order chi connectivity index (χ0) is 19.9. The van der Waals surface area contributed by atoms with E-state index < -0.39 is 10.0 Å². The third kappa shape index (κ3) is 6.26. The Morgan fingerprint density at radius 3 is 2.44 bits per heavy atom. The summed E-state index contributed by atoms with van der Waals surface area (Å²) < 4.78 is 37.5. The lowest BCUT2D eigenvalue weighted by Crippen LogP contribution is -2.31. The lowest BCUT2D eigenvalue weighted by molar-refractivity contribution is -0.118. The van der Waals surface area contributed by atoms with Crippen molar-refractivity contribution in [2.75, 3.05) is 19.0 Å². The molecule has 0 aromatic heterocycles. The van der Waals surface area contributed by atoms with Gasteiger partial charge >= 0.3 is 0 Å². The average molecular weight is 392 g/mol. The molecule has 2 rings (SSSR count). The molecule has 0 saturated carbocycles. The van der Waals surface area contributed by atoms with Crippen LogP contribution in [0.4, 0.5) is 5.69 Å². The lowest BCUT2D eigenvalue weighted by atomic mass is 10.3. The molecule has 146 valence electrons. The van der Waals surface area contributed by atoms with Gasteiger partial charge in [0, 0.05) is 17.8 Å². The molecule has 0 spiro atoms. The highest BCUT2D eigenvalue weighted by Gasteiger charge is 2.16. The first kappa shape index (κ1) is 20.7. The van der Waals surface area contributed by atoms with Crippen molar-refractivity contribution in [1.82, 2.24) is 4.72 Å². The van der Waals surface area contributed by atoms with Crippen LogP contribution in [0.1, 0.15) is 20.3 Å². The Morgan fingerprint density at radius 1 is 1.11 bits per heavy atom. The number of sulfonamides is 1. The highest BCUT2D eigenvalue weighted by atomic mass is 32.2. The molecule has 0 radical (unpaired) electrons. The second-order valence-electron chi connectivity index (χ2n) is 5.97. The van der Waals surface area contributed by atoms with E-state index in [1.54, 1.807) is 38.3 Å². The molecular weight excluding hydrogens is 368 g/mol. The molecule has 0 aliphatic heterocycles. The molecule has 2 N–H and O–H groups in total. The van der Waals surface area contributed by atoms with Crippen LogP contribution in [-0.2, 0) is 14.8 Å². The second-order valence-corrected chi connectivity index (χ2v) is 7.68. The zero-order valence-electron chi connectivity index (χ0n) is 15.6. The van der Waals surface area contributed by atoms with E-state index in [9.17, 15) is 13.2 Å². The van der Waals surface area contributed by atoms with E-state index in [-0.39, 0.29) is 23.5 Å². The van der Waals surface area contributed by atoms with Gasteiger partial charge in [-0.05, 0) is 49.7 Å². The first-order valence-electron chi connectivity index (χ1n) is 8.53. The molecule has 0 aliphatic rings. The number of hydrogen-bond acceptors (Lipinski definition) is 5. The SMILES string of the molecule is CC[C@@H](C)NS(=O)(=O)c1ccc(OCC(=O)Nc2cccc(OC)c2)cc1. The van der Waals surface area contributed by atoms with E-state index in [4.69, 9.17) is 9.47 Å². The molecule has 2 aromatic rings. The average Bonchev–Trinajstić information content (AvgIpc) is 2.66. The van der Waals surface area contributed by atoms with Crippen LogP contribution in [0.2, 0.25) is 0 Å². The van der Waals surface area contributed by atoms with Crippen LogP contribution in [0.3, 0.4) is 0 Å². The maximum atomic E-state index is 12.2. The summed E-state index contributed by atoms with van der Waals surface area (Å²) in [6.45, 7) is 3.51. The van der Waals surface area contributed by atoms with Crippen LogP contribution in [-0.4, -0.2) is 34.1 Å². The van der Waals surface area contributed by atoms with Gasteiger partial charge in [0.25, 0.3) is 5.91 Å². The van der Waals surface area contributed by atoms with Crippen LogP contribution in [0.25, 0.3) is 0 Å². The number of rotatable bonds is 9. The summed E-state index contributed by atoms with van der Waals surface area (Å²) in [6.07, 6.45) is 0.697. The Kier molecular flexibility index (Phi) is 7.20. The van der Waals surface area contributed by atoms with Gasteiger partial charge < -0.3 is 14.8 Å². The van der Waals surface area contributed by atoms with Crippen molar-refractivity contribution < 1.29 is 22.7 Å². The molecule has 0 aliphatic carbocycles. The highest BCUT2D eigenvalue weighted by molar-refractivity contribution is 7.89. The van der Waals surface area contributed by atoms with Crippen molar-refractivity contribution in [3.8, 4) is 11.5 Å². The minimum atomic E-state index is -3.56. The number of methoxy groups -OCH3 is 1. The molecule has 0 bridgehead atoms. The topological polar surface area (TPSA) is 93.7 Å². The normalized spacial score (nSPS) is 12.3. The van der Waals surface area contributed by atoms with Gasteiger partial charge in [0.1, 0.15) is 11.5 Å².